The van der Waals surface area contributed by atoms with Gasteiger partial charge in [-0.15, -0.1) is 0 Å². The van der Waals surface area contributed by atoms with Crippen molar-refractivity contribution in [2.24, 2.45) is 0 Å². The predicted molar refractivity (Wildman–Crippen MR) is 125 cm³/mol. The molecule has 1 saturated heterocycles. The van der Waals surface area contributed by atoms with Crippen LogP contribution in [0.1, 0.15) is 24.0 Å². The first-order chi connectivity index (χ1) is 14.0. The Morgan fingerprint density at radius 2 is 1.97 bits per heavy atom. The predicted octanol–water partition coefficient (Wildman–Crippen LogP) is 5.17. The number of rotatable bonds is 7. The summed E-state index contributed by atoms with van der Waals surface area (Å²) in [5.41, 5.74) is 2.95. The highest BCUT2D eigenvalue weighted by Gasteiger charge is 2.31. The summed E-state index contributed by atoms with van der Waals surface area (Å²) >= 11 is 6.64. The quantitative estimate of drug-likeness (QED) is 0.494. The molecule has 1 N–H and O–H groups in total. The monoisotopic (exact) mass is 422 g/mol. The van der Waals surface area contributed by atoms with Crippen LogP contribution in [0.5, 0.6) is 0 Å². The Labute approximate surface area is 180 Å². The van der Waals surface area contributed by atoms with Crippen LogP contribution in [0.4, 0.5) is 5.69 Å². The van der Waals surface area contributed by atoms with Crippen molar-refractivity contribution in [3.8, 4) is 0 Å². The van der Waals surface area contributed by atoms with E-state index in [2.05, 4.69) is 5.32 Å². The van der Waals surface area contributed by atoms with Gasteiger partial charge < -0.3 is 5.32 Å². The van der Waals surface area contributed by atoms with Crippen molar-refractivity contribution in [2.45, 2.75) is 19.8 Å². The first kappa shape index (κ1) is 21.0. The first-order valence-electron chi connectivity index (χ1n) is 9.36. The van der Waals surface area contributed by atoms with Crippen molar-refractivity contribution < 1.29 is 9.59 Å². The van der Waals surface area contributed by atoms with Gasteiger partial charge in [-0.25, -0.2) is 0 Å². The highest BCUT2D eigenvalue weighted by atomic mass is 32.2. The molecular formula is C23H22N2O2S2. The maximum Gasteiger partial charge on any atom is 0.266 e. The highest BCUT2D eigenvalue weighted by molar-refractivity contribution is 8.26. The maximum atomic E-state index is 12.6. The maximum absolute atomic E-state index is 12.6. The lowest BCUT2D eigenvalue weighted by Gasteiger charge is -2.14. The molecule has 1 heterocycles. The molecule has 0 aromatic heterocycles. The second-order valence-corrected chi connectivity index (χ2v) is 8.32. The van der Waals surface area contributed by atoms with Gasteiger partial charge in [-0.2, -0.15) is 0 Å². The van der Waals surface area contributed by atoms with Crippen molar-refractivity contribution in [3.05, 3.63) is 82.8 Å². The molecule has 0 aliphatic carbocycles. The molecule has 0 spiro atoms. The van der Waals surface area contributed by atoms with Crippen molar-refractivity contribution in [1.29, 1.82) is 0 Å². The van der Waals surface area contributed by atoms with Gasteiger partial charge in [0.25, 0.3) is 5.91 Å². The van der Waals surface area contributed by atoms with Crippen LogP contribution in [0.2, 0.25) is 0 Å². The number of carbonyl (C=O) groups is 2. The molecule has 1 aliphatic rings. The Hall–Kier alpha value is -2.70. The average Bonchev–Trinajstić information content (AvgIpc) is 2.96. The first-order valence-corrected chi connectivity index (χ1v) is 10.6. The molecule has 1 aliphatic heterocycles. The van der Waals surface area contributed by atoms with E-state index in [1.54, 1.807) is 11.0 Å². The van der Waals surface area contributed by atoms with Gasteiger partial charge in [0.2, 0.25) is 5.91 Å². The van der Waals surface area contributed by atoms with Gasteiger partial charge in [0.05, 0.1) is 4.91 Å². The second-order valence-electron chi connectivity index (χ2n) is 6.65. The molecule has 4 nitrogen and oxygen atoms in total. The molecule has 0 saturated carbocycles. The van der Waals surface area contributed by atoms with Gasteiger partial charge in [0.15, 0.2) is 0 Å². The molecule has 1 fully saturated rings. The van der Waals surface area contributed by atoms with Crippen molar-refractivity contribution in [2.75, 3.05) is 11.9 Å². The van der Waals surface area contributed by atoms with E-state index < -0.39 is 0 Å². The van der Waals surface area contributed by atoms with Crippen LogP contribution in [0, 0.1) is 6.92 Å². The number of anilines is 1. The zero-order chi connectivity index (χ0) is 20.6. The minimum absolute atomic E-state index is 0.0672. The minimum atomic E-state index is -0.100. The van der Waals surface area contributed by atoms with E-state index in [1.165, 1.54) is 11.8 Å². The molecule has 2 aromatic carbocycles. The standard InChI is InChI=1S/C23H22N2O2S2/c1-17-8-5-12-19(16-17)24-21(26)14-7-15-25-22(27)20(29-23(25)28)13-6-11-18-9-3-2-4-10-18/h2-6,8-13,16H,7,14-15H2,1H3,(H,24,26)/b11-6+,20-13+. The third kappa shape index (κ3) is 6.14. The van der Waals surface area contributed by atoms with E-state index in [0.717, 1.165) is 16.8 Å². The molecule has 0 radical (unpaired) electrons. The fourth-order valence-corrected chi connectivity index (χ4v) is 4.12. The van der Waals surface area contributed by atoms with Gasteiger partial charge in [-0.1, -0.05) is 78.6 Å². The van der Waals surface area contributed by atoms with E-state index in [9.17, 15) is 9.59 Å². The largest absolute Gasteiger partial charge is 0.326 e. The number of amides is 2. The van der Waals surface area contributed by atoms with Crippen LogP contribution in [-0.2, 0) is 9.59 Å². The van der Waals surface area contributed by atoms with Crippen LogP contribution in [0.15, 0.2) is 71.7 Å². The van der Waals surface area contributed by atoms with Crippen LogP contribution in [-0.4, -0.2) is 27.6 Å². The fourth-order valence-electron chi connectivity index (χ4n) is 2.86. The van der Waals surface area contributed by atoms with Gasteiger partial charge in [0, 0.05) is 18.7 Å². The van der Waals surface area contributed by atoms with Crippen molar-refractivity contribution >= 4 is 51.9 Å². The summed E-state index contributed by atoms with van der Waals surface area (Å²) in [7, 11) is 0. The van der Waals surface area contributed by atoms with E-state index >= 15 is 0 Å². The van der Waals surface area contributed by atoms with Crippen molar-refractivity contribution in [3.63, 3.8) is 0 Å². The smallest absolute Gasteiger partial charge is 0.266 e. The number of hydrogen-bond donors (Lipinski definition) is 1. The second kappa shape index (κ2) is 10.2. The molecule has 6 heteroatoms. The number of aryl methyl sites for hydroxylation is 1. The Kier molecular flexibility index (Phi) is 7.38. The Bertz CT molecular complexity index is 968. The van der Waals surface area contributed by atoms with Crippen LogP contribution < -0.4 is 5.32 Å². The number of nitrogens with zero attached hydrogens (tertiary/aromatic N) is 1. The molecule has 0 unspecified atom stereocenters. The van der Waals surface area contributed by atoms with Gasteiger partial charge >= 0.3 is 0 Å². The molecule has 3 rings (SSSR count). The molecule has 0 bridgehead atoms. The lowest BCUT2D eigenvalue weighted by molar-refractivity contribution is -0.122. The van der Waals surface area contributed by atoms with Crippen LogP contribution >= 0.6 is 24.0 Å². The van der Waals surface area contributed by atoms with E-state index in [4.69, 9.17) is 12.2 Å². The topological polar surface area (TPSA) is 49.4 Å². The Balaban J connectivity index is 1.49. The number of carbonyl (C=O) groups excluding carboxylic acids is 2. The van der Waals surface area contributed by atoms with E-state index in [1.807, 2.05) is 73.7 Å². The number of thioether (sulfide) groups is 1. The molecular weight excluding hydrogens is 400 g/mol. The summed E-state index contributed by atoms with van der Waals surface area (Å²) in [4.78, 5) is 26.9. The zero-order valence-electron chi connectivity index (χ0n) is 16.1. The number of hydrogen-bond acceptors (Lipinski definition) is 4. The number of benzene rings is 2. The fraction of sp³-hybridized carbons (Fsp3) is 0.174. The molecule has 29 heavy (non-hydrogen) atoms. The summed E-state index contributed by atoms with van der Waals surface area (Å²) < 4.78 is 0.536. The summed E-state index contributed by atoms with van der Waals surface area (Å²) in [6.07, 6.45) is 6.48. The molecule has 2 amide bonds. The van der Waals surface area contributed by atoms with Gasteiger partial charge in [-0.3, -0.25) is 14.5 Å². The summed E-state index contributed by atoms with van der Waals surface area (Å²) in [5, 5.41) is 2.88. The lowest BCUT2D eigenvalue weighted by atomic mass is 10.2. The number of nitrogens with one attached hydrogen (secondary N) is 1. The molecule has 148 valence electrons. The van der Waals surface area contributed by atoms with Gasteiger partial charge in [0.1, 0.15) is 4.32 Å². The van der Waals surface area contributed by atoms with E-state index in [0.29, 0.717) is 28.6 Å². The summed E-state index contributed by atoms with van der Waals surface area (Å²) in [6.45, 7) is 2.42. The minimum Gasteiger partial charge on any atom is -0.326 e. The van der Waals surface area contributed by atoms with E-state index in [-0.39, 0.29) is 11.8 Å². The number of allylic oxidation sites excluding steroid dienone is 2. The Morgan fingerprint density at radius 1 is 1.17 bits per heavy atom. The normalized spacial score (nSPS) is 15.5. The highest BCUT2D eigenvalue weighted by Crippen LogP contribution is 2.31. The van der Waals surface area contributed by atoms with Crippen molar-refractivity contribution in [1.82, 2.24) is 4.90 Å². The molecule has 2 aromatic rings. The molecule has 0 atom stereocenters. The summed E-state index contributed by atoms with van der Waals surface area (Å²) in [6, 6.07) is 17.6. The van der Waals surface area contributed by atoms with Gasteiger partial charge in [-0.05, 0) is 42.7 Å². The number of thiocarbonyl (C=S) groups is 1. The average molecular weight is 423 g/mol. The Morgan fingerprint density at radius 3 is 2.72 bits per heavy atom. The third-order valence-electron chi connectivity index (χ3n) is 4.30. The van der Waals surface area contributed by atoms with Crippen LogP contribution in [0.3, 0.4) is 0 Å². The lowest BCUT2D eigenvalue weighted by Crippen LogP contribution is -2.29. The summed E-state index contributed by atoms with van der Waals surface area (Å²) in [5.74, 6) is -0.167. The van der Waals surface area contributed by atoms with Crippen LogP contribution in [0.25, 0.3) is 6.08 Å². The SMILES string of the molecule is Cc1cccc(NC(=O)CCCN2C(=O)/C(=C\C=C\c3ccccc3)SC2=S)c1. The third-order valence-corrected chi connectivity index (χ3v) is 5.69. The zero-order valence-corrected chi connectivity index (χ0v) is 17.8.